The Bertz CT molecular complexity index is 888. The van der Waals surface area contributed by atoms with E-state index in [0.717, 1.165) is 11.8 Å². The fourth-order valence-corrected chi connectivity index (χ4v) is 3.27. The van der Waals surface area contributed by atoms with Crippen molar-refractivity contribution in [2.45, 2.75) is 5.22 Å². The Morgan fingerprint density at radius 1 is 1.19 bits per heavy atom. The fraction of sp³-hybridized carbons (Fsp3) is 0.250. The second-order valence-electron chi connectivity index (χ2n) is 4.96. The van der Waals surface area contributed by atoms with Gasteiger partial charge in [-0.1, -0.05) is 11.8 Å². The Balaban J connectivity index is 1.71. The van der Waals surface area contributed by atoms with Crippen LogP contribution in [0.5, 0.6) is 17.2 Å². The van der Waals surface area contributed by atoms with Gasteiger partial charge >= 0.3 is 0 Å². The van der Waals surface area contributed by atoms with Gasteiger partial charge in [0.25, 0.3) is 5.22 Å². The third kappa shape index (κ3) is 4.49. The van der Waals surface area contributed by atoms with Crippen LogP contribution in [0.25, 0.3) is 11.5 Å². The molecule has 0 aliphatic rings. The first-order valence-electron chi connectivity index (χ1n) is 7.60. The SMILES string of the molecule is COc1cc(-c2nnc(SCC(=O)Nc3nccs3)o2)cc(OC)c1OC. The Morgan fingerprint density at radius 2 is 1.93 bits per heavy atom. The summed E-state index contributed by atoms with van der Waals surface area (Å²) in [5.74, 6) is 1.61. The maximum Gasteiger partial charge on any atom is 0.277 e. The highest BCUT2D eigenvalue weighted by atomic mass is 32.2. The minimum atomic E-state index is -0.206. The molecule has 0 unspecified atom stereocenters. The molecular formula is C16H16N4O5S2. The average molecular weight is 408 g/mol. The smallest absolute Gasteiger partial charge is 0.277 e. The van der Waals surface area contributed by atoms with Crippen molar-refractivity contribution in [2.75, 3.05) is 32.4 Å². The summed E-state index contributed by atoms with van der Waals surface area (Å²) in [4.78, 5) is 15.9. The quantitative estimate of drug-likeness (QED) is 0.563. The molecule has 2 heterocycles. The van der Waals surface area contributed by atoms with E-state index in [9.17, 15) is 4.79 Å². The zero-order chi connectivity index (χ0) is 19.2. The van der Waals surface area contributed by atoms with Gasteiger partial charge in [-0.2, -0.15) is 0 Å². The van der Waals surface area contributed by atoms with Gasteiger partial charge in [0.15, 0.2) is 16.6 Å². The number of carbonyl (C=O) groups is 1. The van der Waals surface area contributed by atoms with Crippen LogP contribution in [0.2, 0.25) is 0 Å². The molecule has 0 spiro atoms. The van der Waals surface area contributed by atoms with Gasteiger partial charge in [-0.05, 0) is 12.1 Å². The summed E-state index contributed by atoms with van der Waals surface area (Å²) in [6.45, 7) is 0. The average Bonchev–Trinajstić information content (AvgIpc) is 3.37. The Labute approximate surface area is 163 Å². The molecule has 0 radical (unpaired) electrons. The highest BCUT2D eigenvalue weighted by Crippen LogP contribution is 2.41. The second-order valence-corrected chi connectivity index (χ2v) is 6.78. The Morgan fingerprint density at radius 3 is 2.52 bits per heavy atom. The standard InChI is InChI=1S/C16H16N4O5S2/c1-22-10-6-9(7-11(23-2)13(10)24-3)14-19-20-16(25-14)27-8-12(21)18-15-17-4-5-26-15/h4-7H,8H2,1-3H3,(H,17,18,21). The minimum Gasteiger partial charge on any atom is -0.493 e. The molecule has 1 aromatic carbocycles. The van der Waals surface area contributed by atoms with Gasteiger partial charge in [0.2, 0.25) is 17.5 Å². The van der Waals surface area contributed by atoms with Crippen LogP contribution in [0.3, 0.4) is 0 Å². The number of thioether (sulfide) groups is 1. The lowest BCUT2D eigenvalue weighted by atomic mass is 10.2. The van der Waals surface area contributed by atoms with E-state index >= 15 is 0 Å². The second kappa shape index (κ2) is 8.73. The summed E-state index contributed by atoms with van der Waals surface area (Å²) in [7, 11) is 4.58. The summed E-state index contributed by atoms with van der Waals surface area (Å²) < 4.78 is 21.6. The zero-order valence-electron chi connectivity index (χ0n) is 14.7. The number of amides is 1. The molecule has 1 amide bonds. The van der Waals surface area contributed by atoms with E-state index < -0.39 is 0 Å². The monoisotopic (exact) mass is 408 g/mol. The molecular weight excluding hydrogens is 392 g/mol. The van der Waals surface area contributed by atoms with E-state index in [1.807, 2.05) is 0 Å². The molecule has 9 nitrogen and oxygen atoms in total. The predicted molar refractivity (Wildman–Crippen MR) is 101 cm³/mol. The number of carbonyl (C=O) groups excluding carboxylic acids is 1. The number of nitrogens with one attached hydrogen (secondary N) is 1. The van der Waals surface area contributed by atoms with E-state index in [-0.39, 0.29) is 22.8 Å². The summed E-state index contributed by atoms with van der Waals surface area (Å²) >= 11 is 2.48. The largest absolute Gasteiger partial charge is 0.493 e. The molecule has 142 valence electrons. The molecule has 2 aromatic heterocycles. The molecule has 27 heavy (non-hydrogen) atoms. The topological polar surface area (TPSA) is 109 Å². The molecule has 0 aliphatic carbocycles. The van der Waals surface area contributed by atoms with Gasteiger partial charge < -0.3 is 23.9 Å². The maximum absolute atomic E-state index is 11.9. The van der Waals surface area contributed by atoms with Gasteiger partial charge in [-0.25, -0.2) is 4.98 Å². The Hall–Kier alpha value is -2.79. The maximum atomic E-state index is 11.9. The van der Waals surface area contributed by atoms with E-state index in [2.05, 4.69) is 20.5 Å². The van der Waals surface area contributed by atoms with Crippen LogP contribution in [-0.2, 0) is 4.79 Å². The first-order chi connectivity index (χ1) is 13.1. The molecule has 0 saturated carbocycles. The third-order valence-electron chi connectivity index (χ3n) is 3.32. The van der Waals surface area contributed by atoms with Crippen molar-refractivity contribution in [1.29, 1.82) is 0 Å². The van der Waals surface area contributed by atoms with Crippen LogP contribution in [0.15, 0.2) is 33.3 Å². The number of anilines is 1. The first-order valence-corrected chi connectivity index (χ1v) is 9.47. The molecule has 0 saturated heterocycles. The van der Waals surface area contributed by atoms with Crippen molar-refractivity contribution in [3.63, 3.8) is 0 Å². The number of hydrogen-bond donors (Lipinski definition) is 1. The van der Waals surface area contributed by atoms with Crippen molar-refractivity contribution in [3.8, 4) is 28.7 Å². The van der Waals surface area contributed by atoms with Crippen molar-refractivity contribution in [2.24, 2.45) is 0 Å². The summed E-state index contributed by atoms with van der Waals surface area (Å²) in [5.41, 5.74) is 0.607. The van der Waals surface area contributed by atoms with Crippen LogP contribution >= 0.6 is 23.1 Å². The first kappa shape index (κ1) is 19.0. The van der Waals surface area contributed by atoms with Crippen LogP contribution < -0.4 is 19.5 Å². The lowest BCUT2D eigenvalue weighted by Gasteiger charge is -2.12. The molecule has 11 heteroatoms. The summed E-state index contributed by atoms with van der Waals surface area (Å²) in [6, 6.07) is 3.41. The number of aromatic nitrogens is 3. The van der Waals surface area contributed by atoms with E-state index in [1.54, 1.807) is 23.7 Å². The third-order valence-corrected chi connectivity index (χ3v) is 4.83. The number of methoxy groups -OCH3 is 3. The number of nitrogens with zero attached hydrogens (tertiary/aromatic N) is 3. The number of ether oxygens (including phenoxy) is 3. The highest BCUT2D eigenvalue weighted by molar-refractivity contribution is 7.99. The van der Waals surface area contributed by atoms with Crippen LogP contribution in [0.4, 0.5) is 5.13 Å². The normalized spacial score (nSPS) is 10.5. The molecule has 0 atom stereocenters. The van der Waals surface area contributed by atoms with Crippen molar-refractivity contribution in [3.05, 3.63) is 23.7 Å². The van der Waals surface area contributed by atoms with Crippen LogP contribution in [0.1, 0.15) is 0 Å². The molecule has 3 rings (SSSR count). The molecule has 0 aliphatic heterocycles. The molecule has 0 bridgehead atoms. The number of hydrogen-bond acceptors (Lipinski definition) is 10. The van der Waals surface area contributed by atoms with E-state index in [0.29, 0.717) is 27.9 Å². The van der Waals surface area contributed by atoms with Crippen LogP contribution in [0, 0.1) is 0 Å². The van der Waals surface area contributed by atoms with Crippen molar-refractivity contribution in [1.82, 2.24) is 15.2 Å². The molecule has 1 N–H and O–H groups in total. The van der Waals surface area contributed by atoms with Gasteiger partial charge in [0.05, 0.1) is 27.1 Å². The van der Waals surface area contributed by atoms with Gasteiger partial charge in [-0.15, -0.1) is 21.5 Å². The van der Waals surface area contributed by atoms with E-state index in [4.69, 9.17) is 18.6 Å². The minimum absolute atomic E-state index is 0.121. The lowest BCUT2D eigenvalue weighted by molar-refractivity contribution is -0.113. The summed E-state index contributed by atoms with van der Waals surface area (Å²) in [6.07, 6.45) is 1.62. The highest BCUT2D eigenvalue weighted by Gasteiger charge is 2.18. The number of benzene rings is 1. The molecule has 3 aromatic rings. The summed E-state index contributed by atoms with van der Waals surface area (Å²) in [5, 5.41) is 13.3. The fourth-order valence-electron chi connectivity index (χ4n) is 2.16. The number of thiazole rings is 1. The van der Waals surface area contributed by atoms with Gasteiger partial charge in [-0.3, -0.25) is 4.79 Å². The predicted octanol–water partition coefficient (Wildman–Crippen LogP) is 2.95. The van der Waals surface area contributed by atoms with Crippen molar-refractivity contribution < 1.29 is 23.4 Å². The van der Waals surface area contributed by atoms with Crippen molar-refractivity contribution >= 4 is 34.1 Å². The van der Waals surface area contributed by atoms with Gasteiger partial charge in [0.1, 0.15) is 0 Å². The van der Waals surface area contributed by atoms with E-state index in [1.165, 1.54) is 32.7 Å². The number of rotatable bonds is 8. The van der Waals surface area contributed by atoms with Crippen LogP contribution in [-0.4, -0.2) is 48.2 Å². The lowest BCUT2D eigenvalue weighted by Crippen LogP contribution is -2.13. The van der Waals surface area contributed by atoms with Gasteiger partial charge in [0, 0.05) is 17.1 Å². The zero-order valence-corrected chi connectivity index (χ0v) is 16.3. The Kier molecular flexibility index (Phi) is 6.14. The molecule has 0 fully saturated rings.